The second kappa shape index (κ2) is 17.3. The summed E-state index contributed by atoms with van der Waals surface area (Å²) in [4.78, 5) is 5.10. The number of anilines is 6. The number of hydrogen-bond acceptors (Lipinski definition) is 4. The van der Waals surface area contributed by atoms with E-state index in [1.807, 2.05) is 22.7 Å². The topological polar surface area (TPSA) is 6.48 Å². The number of hydrogen-bond donors (Lipinski definition) is 0. The molecule has 0 N–H and O–H groups in total. The molecule has 13 aromatic carbocycles. The van der Waals surface area contributed by atoms with E-state index in [4.69, 9.17) is 0 Å². The fourth-order valence-corrected chi connectivity index (χ4v) is 14.1. The highest BCUT2D eigenvalue weighted by Gasteiger charge is 2.28. The van der Waals surface area contributed by atoms with Crippen molar-refractivity contribution in [3.8, 4) is 22.3 Å². The van der Waals surface area contributed by atoms with E-state index in [0.29, 0.717) is 0 Å². The number of benzene rings is 13. The van der Waals surface area contributed by atoms with Crippen LogP contribution in [-0.4, -0.2) is 0 Å². The van der Waals surface area contributed by atoms with Crippen LogP contribution in [0.3, 0.4) is 0 Å². The Hall–Kier alpha value is -9.06. The van der Waals surface area contributed by atoms with Crippen molar-refractivity contribution in [2.45, 2.75) is 0 Å². The van der Waals surface area contributed by atoms with Crippen LogP contribution in [0, 0.1) is 0 Å². The minimum absolute atomic E-state index is 1.10. The molecule has 4 heteroatoms. The Morgan fingerprint density at radius 2 is 0.541 bits per heavy atom. The van der Waals surface area contributed by atoms with Crippen LogP contribution in [0.15, 0.2) is 267 Å². The first-order chi connectivity index (χ1) is 36.7. The molecule has 0 fully saturated rings. The van der Waals surface area contributed by atoms with Gasteiger partial charge in [-0.15, -0.1) is 22.7 Å². The van der Waals surface area contributed by atoms with Crippen LogP contribution in [-0.2, 0) is 0 Å². The van der Waals surface area contributed by atoms with Gasteiger partial charge in [-0.2, -0.15) is 0 Å². The van der Waals surface area contributed by atoms with Crippen molar-refractivity contribution >= 4 is 140 Å². The number of fused-ring (bicyclic) bond motifs is 10. The molecule has 0 bridgehead atoms. The van der Waals surface area contributed by atoms with Gasteiger partial charge in [0.1, 0.15) is 0 Å². The monoisotopic (exact) mass is 976 g/mol. The lowest BCUT2D eigenvalue weighted by molar-refractivity contribution is 1.31. The average Bonchev–Trinajstić information content (AvgIpc) is 4.06. The van der Waals surface area contributed by atoms with Gasteiger partial charge < -0.3 is 9.80 Å². The van der Waals surface area contributed by atoms with Crippen LogP contribution in [0.4, 0.5) is 34.1 Å². The van der Waals surface area contributed by atoms with Gasteiger partial charge in [-0.1, -0.05) is 218 Å². The molecule has 74 heavy (non-hydrogen) atoms. The Morgan fingerprint density at radius 1 is 0.230 bits per heavy atom. The standard InChI is InChI=1S/C70H44N2S2/c1-3-21-51-45(17-1)19-13-29-53(51)47-37-41-49(42-38-47)71(63-33-15-31-61-55-23-9-11-35-65(55)73-69(61)63)67-57-25-5-7-27-59(57)68(60-28-8-6-26-58(60)67)72(64-34-16-32-62-56-24-10-12-36-66(56)74-70(62)64)50-43-39-48(40-44-50)54-30-14-20-46-18-2-4-22-52(46)54/h1-44H. The molecule has 0 atom stereocenters. The normalized spacial score (nSPS) is 11.8. The molecule has 2 heterocycles. The summed E-state index contributed by atoms with van der Waals surface area (Å²) in [6.45, 7) is 0. The molecule has 0 amide bonds. The van der Waals surface area contributed by atoms with E-state index in [9.17, 15) is 0 Å². The Kier molecular flexibility index (Phi) is 9.97. The largest absolute Gasteiger partial charge is 0.308 e. The second-order valence-electron chi connectivity index (χ2n) is 19.1. The van der Waals surface area contributed by atoms with Gasteiger partial charge in [0.15, 0.2) is 0 Å². The Morgan fingerprint density at radius 3 is 0.946 bits per heavy atom. The molecule has 0 spiro atoms. The van der Waals surface area contributed by atoms with Crippen molar-refractivity contribution in [1.82, 2.24) is 0 Å². The maximum absolute atomic E-state index is 2.55. The highest BCUT2D eigenvalue weighted by molar-refractivity contribution is 7.26. The summed E-state index contributed by atoms with van der Waals surface area (Å²) < 4.78 is 5.08. The van der Waals surface area contributed by atoms with E-state index in [2.05, 4.69) is 277 Å². The van der Waals surface area contributed by atoms with E-state index in [1.165, 1.54) is 106 Å². The van der Waals surface area contributed by atoms with Gasteiger partial charge in [0.05, 0.1) is 32.1 Å². The third-order valence-electron chi connectivity index (χ3n) is 15.0. The summed E-state index contributed by atoms with van der Waals surface area (Å²) in [5.41, 5.74) is 11.6. The summed E-state index contributed by atoms with van der Waals surface area (Å²) in [5.74, 6) is 0. The first-order valence-electron chi connectivity index (χ1n) is 25.2. The van der Waals surface area contributed by atoms with Crippen molar-refractivity contribution in [3.63, 3.8) is 0 Å². The lowest BCUT2D eigenvalue weighted by Crippen LogP contribution is -2.14. The Labute approximate surface area is 436 Å². The van der Waals surface area contributed by atoms with E-state index >= 15 is 0 Å². The SMILES string of the molecule is c1ccc2c(-c3ccc(N(c4c5ccccc5c(N(c5ccc(-c6cccc7ccccc67)cc5)c5cccc6c5sc5ccccc56)c5ccccc45)c4cccc5c4sc4ccccc45)cc3)cccc2c1. The first-order valence-corrected chi connectivity index (χ1v) is 26.9. The highest BCUT2D eigenvalue weighted by atomic mass is 32.1. The van der Waals surface area contributed by atoms with Crippen molar-refractivity contribution in [2.24, 2.45) is 0 Å². The fraction of sp³-hybridized carbons (Fsp3) is 0. The predicted molar refractivity (Wildman–Crippen MR) is 322 cm³/mol. The molecule has 0 unspecified atom stereocenters. The Bertz CT molecular complexity index is 4310. The zero-order chi connectivity index (χ0) is 48.7. The van der Waals surface area contributed by atoms with Crippen LogP contribution < -0.4 is 9.80 Å². The second-order valence-corrected chi connectivity index (χ2v) is 21.2. The van der Waals surface area contributed by atoms with Gasteiger partial charge in [-0.3, -0.25) is 0 Å². The number of thiophene rings is 2. The molecule has 2 aromatic heterocycles. The molecule has 0 saturated carbocycles. The van der Waals surface area contributed by atoms with Crippen LogP contribution in [0.1, 0.15) is 0 Å². The molecule has 346 valence electrons. The van der Waals surface area contributed by atoms with Crippen LogP contribution in [0.5, 0.6) is 0 Å². The van der Waals surface area contributed by atoms with Crippen molar-refractivity contribution in [3.05, 3.63) is 267 Å². The quantitative estimate of drug-likeness (QED) is 0.111. The van der Waals surface area contributed by atoms with Crippen molar-refractivity contribution in [2.75, 3.05) is 9.80 Å². The zero-order valence-electron chi connectivity index (χ0n) is 40.1. The third kappa shape index (κ3) is 6.76. The molecule has 0 aliphatic heterocycles. The molecule has 15 aromatic rings. The van der Waals surface area contributed by atoms with Crippen molar-refractivity contribution < 1.29 is 0 Å². The Balaban J connectivity index is 1.00. The van der Waals surface area contributed by atoms with Gasteiger partial charge in [0.2, 0.25) is 0 Å². The maximum Gasteiger partial charge on any atom is 0.0640 e. The summed E-state index contributed by atoms with van der Waals surface area (Å²) in [7, 11) is 0. The lowest BCUT2D eigenvalue weighted by Gasteiger charge is -2.33. The molecular formula is C70H44N2S2. The highest BCUT2D eigenvalue weighted by Crippen LogP contribution is 2.55. The molecule has 0 radical (unpaired) electrons. The van der Waals surface area contributed by atoms with Gasteiger partial charge in [-0.05, 0) is 92.3 Å². The first kappa shape index (κ1) is 42.6. The van der Waals surface area contributed by atoms with E-state index in [-0.39, 0.29) is 0 Å². The van der Waals surface area contributed by atoms with Gasteiger partial charge >= 0.3 is 0 Å². The molecule has 0 aliphatic rings. The van der Waals surface area contributed by atoms with E-state index < -0.39 is 0 Å². The summed E-state index contributed by atoms with van der Waals surface area (Å²) in [5, 5.41) is 14.7. The van der Waals surface area contributed by atoms with E-state index in [0.717, 1.165) is 34.1 Å². The maximum atomic E-state index is 2.55. The molecule has 15 rings (SSSR count). The third-order valence-corrected chi connectivity index (χ3v) is 17.4. The summed E-state index contributed by atoms with van der Waals surface area (Å²) >= 11 is 3.75. The minimum Gasteiger partial charge on any atom is -0.308 e. The van der Waals surface area contributed by atoms with Crippen LogP contribution >= 0.6 is 22.7 Å². The molecular weight excluding hydrogens is 933 g/mol. The molecule has 2 nitrogen and oxygen atoms in total. The van der Waals surface area contributed by atoms with Crippen LogP contribution in [0.25, 0.3) is 106 Å². The summed E-state index contributed by atoms with van der Waals surface area (Å²) in [6.07, 6.45) is 0. The smallest absolute Gasteiger partial charge is 0.0640 e. The van der Waals surface area contributed by atoms with Crippen molar-refractivity contribution in [1.29, 1.82) is 0 Å². The molecule has 0 saturated heterocycles. The predicted octanol–water partition coefficient (Wildman–Crippen LogP) is 21.3. The molecule has 0 aliphatic carbocycles. The zero-order valence-corrected chi connectivity index (χ0v) is 41.7. The van der Waals surface area contributed by atoms with Gasteiger partial charge in [-0.25, -0.2) is 0 Å². The summed E-state index contributed by atoms with van der Waals surface area (Å²) in [6, 6.07) is 98.7. The van der Waals surface area contributed by atoms with Gasteiger partial charge in [0, 0.05) is 63.9 Å². The lowest BCUT2D eigenvalue weighted by atomic mass is 9.94. The number of nitrogens with zero attached hydrogens (tertiary/aromatic N) is 2. The minimum atomic E-state index is 1.10. The average molecular weight is 977 g/mol. The van der Waals surface area contributed by atoms with Crippen LogP contribution in [0.2, 0.25) is 0 Å². The van der Waals surface area contributed by atoms with Gasteiger partial charge in [0.25, 0.3) is 0 Å². The van der Waals surface area contributed by atoms with E-state index in [1.54, 1.807) is 0 Å². The fourth-order valence-electron chi connectivity index (χ4n) is 11.7. The number of rotatable bonds is 8.